The number of nitrogens with zero attached hydrogens (tertiary/aromatic N) is 2. The first-order valence-corrected chi connectivity index (χ1v) is 8.69. The van der Waals surface area contributed by atoms with Crippen LogP contribution < -0.4 is 5.73 Å². The molecular formula is C19H26ClN3O. The third kappa shape index (κ3) is 3.51. The lowest BCUT2D eigenvalue weighted by Gasteiger charge is -2.29. The largest absolute Gasteiger partial charge is 0.359 e. The van der Waals surface area contributed by atoms with Crippen molar-refractivity contribution in [1.29, 1.82) is 0 Å². The van der Waals surface area contributed by atoms with E-state index in [1.165, 1.54) is 24.8 Å². The summed E-state index contributed by atoms with van der Waals surface area (Å²) in [4.78, 5) is 2.49. The Balaban J connectivity index is 0.00000169. The number of aromatic nitrogens is 1. The minimum absolute atomic E-state index is 0. The van der Waals surface area contributed by atoms with Gasteiger partial charge in [-0.25, -0.2) is 0 Å². The van der Waals surface area contributed by atoms with E-state index in [1.54, 1.807) is 0 Å². The summed E-state index contributed by atoms with van der Waals surface area (Å²) in [6.45, 7) is 5.19. The van der Waals surface area contributed by atoms with Crippen molar-refractivity contribution in [3.8, 4) is 11.3 Å². The number of fused-ring (bicyclic) bond motifs is 1. The zero-order valence-electron chi connectivity index (χ0n) is 14.1. The molecule has 5 heteroatoms. The monoisotopic (exact) mass is 347 g/mol. The summed E-state index contributed by atoms with van der Waals surface area (Å²) >= 11 is 0. The van der Waals surface area contributed by atoms with E-state index in [4.69, 9.17) is 10.3 Å². The van der Waals surface area contributed by atoms with Crippen LogP contribution in [0.3, 0.4) is 0 Å². The molecule has 2 N–H and O–H groups in total. The maximum absolute atomic E-state index is 6.31. The summed E-state index contributed by atoms with van der Waals surface area (Å²) < 4.78 is 5.57. The second kappa shape index (κ2) is 7.26. The second-order valence-electron chi connectivity index (χ2n) is 7.26. The standard InChI is InChI=1S/C19H25N3O.ClH/c1-13-5-7-14(8-6-13)19-9-16(23-21-19)11-22-10-15-3-2-4-18(20)17(15)12-22;/h5-9,15,17-18H,2-4,10-12,20H2,1H3;1H. The molecule has 1 saturated carbocycles. The average Bonchev–Trinajstić information content (AvgIpc) is 3.16. The van der Waals surface area contributed by atoms with Crippen LogP contribution >= 0.6 is 12.4 Å². The molecule has 0 radical (unpaired) electrons. The molecule has 2 aliphatic rings. The lowest BCUT2D eigenvalue weighted by molar-refractivity contribution is 0.255. The molecule has 4 nitrogen and oxygen atoms in total. The fourth-order valence-electron chi connectivity index (χ4n) is 4.21. The minimum atomic E-state index is 0. The summed E-state index contributed by atoms with van der Waals surface area (Å²) in [6.07, 6.45) is 3.81. The molecule has 130 valence electrons. The van der Waals surface area contributed by atoms with E-state index in [2.05, 4.69) is 47.3 Å². The lowest BCUT2D eigenvalue weighted by Crippen LogP contribution is -2.38. The van der Waals surface area contributed by atoms with E-state index in [9.17, 15) is 0 Å². The van der Waals surface area contributed by atoms with Gasteiger partial charge in [-0.2, -0.15) is 0 Å². The van der Waals surface area contributed by atoms with E-state index in [-0.39, 0.29) is 12.4 Å². The molecule has 3 atom stereocenters. The maximum Gasteiger partial charge on any atom is 0.151 e. The number of nitrogens with two attached hydrogens (primary N) is 1. The molecular weight excluding hydrogens is 322 g/mol. The average molecular weight is 348 g/mol. The Morgan fingerprint density at radius 1 is 1.21 bits per heavy atom. The summed E-state index contributed by atoms with van der Waals surface area (Å²) in [5, 5.41) is 4.24. The lowest BCUT2D eigenvalue weighted by atomic mass is 9.78. The molecule has 0 spiro atoms. The molecule has 4 rings (SSSR count). The van der Waals surface area contributed by atoms with Gasteiger partial charge in [-0.3, -0.25) is 4.90 Å². The third-order valence-corrected chi connectivity index (χ3v) is 5.52. The Morgan fingerprint density at radius 2 is 2.00 bits per heavy atom. The van der Waals surface area contributed by atoms with Crippen molar-refractivity contribution < 1.29 is 4.52 Å². The number of rotatable bonds is 3. The first-order valence-electron chi connectivity index (χ1n) is 8.69. The van der Waals surface area contributed by atoms with Crippen LogP contribution in [0.25, 0.3) is 11.3 Å². The fourth-order valence-corrected chi connectivity index (χ4v) is 4.21. The number of halogens is 1. The van der Waals surface area contributed by atoms with Crippen molar-refractivity contribution in [2.75, 3.05) is 13.1 Å². The summed E-state index contributed by atoms with van der Waals surface area (Å²) in [5.41, 5.74) is 9.60. The van der Waals surface area contributed by atoms with Gasteiger partial charge in [0.15, 0.2) is 5.76 Å². The van der Waals surface area contributed by atoms with Gasteiger partial charge in [0.25, 0.3) is 0 Å². The van der Waals surface area contributed by atoms with Gasteiger partial charge in [0.1, 0.15) is 5.69 Å². The molecule has 2 heterocycles. The quantitative estimate of drug-likeness (QED) is 0.921. The van der Waals surface area contributed by atoms with Crippen LogP contribution in [0.1, 0.15) is 30.6 Å². The van der Waals surface area contributed by atoms with Gasteiger partial charge >= 0.3 is 0 Å². The van der Waals surface area contributed by atoms with Crippen molar-refractivity contribution in [1.82, 2.24) is 10.1 Å². The Bertz CT molecular complexity index is 670. The third-order valence-electron chi connectivity index (χ3n) is 5.52. The maximum atomic E-state index is 6.31. The van der Waals surface area contributed by atoms with Crippen molar-refractivity contribution in [2.45, 2.75) is 38.8 Å². The molecule has 2 aromatic rings. The normalized spacial score (nSPS) is 26.8. The van der Waals surface area contributed by atoms with Gasteiger partial charge in [0.2, 0.25) is 0 Å². The number of benzene rings is 1. The summed E-state index contributed by atoms with van der Waals surface area (Å²) in [6, 6.07) is 10.9. The highest BCUT2D eigenvalue weighted by Gasteiger charge is 2.38. The summed E-state index contributed by atoms with van der Waals surface area (Å²) in [5.74, 6) is 2.40. The first kappa shape index (κ1) is 17.5. The van der Waals surface area contributed by atoms with Crippen LogP contribution in [0.4, 0.5) is 0 Å². The molecule has 2 fully saturated rings. The minimum Gasteiger partial charge on any atom is -0.359 e. The van der Waals surface area contributed by atoms with Gasteiger partial charge in [-0.1, -0.05) is 41.4 Å². The highest BCUT2D eigenvalue weighted by molar-refractivity contribution is 5.85. The molecule has 1 aliphatic heterocycles. The highest BCUT2D eigenvalue weighted by atomic mass is 35.5. The van der Waals surface area contributed by atoms with Crippen LogP contribution in [0, 0.1) is 18.8 Å². The molecule has 3 unspecified atom stereocenters. The molecule has 1 saturated heterocycles. The van der Waals surface area contributed by atoms with E-state index in [0.717, 1.165) is 42.6 Å². The number of likely N-dealkylation sites (tertiary alicyclic amines) is 1. The van der Waals surface area contributed by atoms with Gasteiger partial charge in [0, 0.05) is 30.8 Å². The van der Waals surface area contributed by atoms with E-state index in [0.29, 0.717) is 12.0 Å². The first-order chi connectivity index (χ1) is 11.2. The second-order valence-corrected chi connectivity index (χ2v) is 7.26. The van der Waals surface area contributed by atoms with Crippen molar-refractivity contribution in [2.24, 2.45) is 17.6 Å². The van der Waals surface area contributed by atoms with Crippen molar-refractivity contribution in [3.05, 3.63) is 41.7 Å². The predicted octanol–water partition coefficient (Wildman–Crippen LogP) is 3.63. The molecule has 1 aromatic heterocycles. The fraction of sp³-hybridized carbons (Fsp3) is 0.526. The molecule has 0 amide bonds. The van der Waals surface area contributed by atoms with E-state index >= 15 is 0 Å². The highest BCUT2D eigenvalue weighted by Crippen LogP contribution is 2.36. The van der Waals surface area contributed by atoms with Gasteiger partial charge in [-0.15, -0.1) is 12.4 Å². The zero-order valence-corrected chi connectivity index (χ0v) is 15.0. The molecule has 0 bridgehead atoms. The van der Waals surface area contributed by atoms with Gasteiger partial charge in [0.05, 0.1) is 6.54 Å². The van der Waals surface area contributed by atoms with E-state index in [1.807, 2.05) is 0 Å². The van der Waals surface area contributed by atoms with Crippen LogP contribution in [-0.2, 0) is 6.54 Å². The number of hydrogen-bond acceptors (Lipinski definition) is 4. The molecule has 1 aromatic carbocycles. The Kier molecular flexibility index (Phi) is 5.28. The van der Waals surface area contributed by atoms with Crippen LogP contribution in [0.5, 0.6) is 0 Å². The van der Waals surface area contributed by atoms with Gasteiger partial charge < -0.3 is 10.3 Å². The molecule has 24 heavy (non-hydrogen) atoms. The topological polar surface area (TPSA) is 55.3 Å². The van der Waals surface area contributed by atoms with Crippen molar-refractivity contribution in [3.63, 3.8) is 0 Å². The van der Waals surface area contributed by atoms with Gasteiger partial charge in [-0.05, 0) is 31.6 Å². The Hall–Kier alpha value is -1.36. The van der Waals surface area contributed by atoms with E-state index < -0.39 is 0 Å². The Labute approximate surface area is 149 Å². The predicted molar refractivity (Wildman–Crippen MR) is 98.0 cm³/mol. The number of aryl methyl sites for hydroxylation is 1. The van der Waals surface area contributed by atoms with Crippen molar-refractivity contribution >= 4 is 12.4 Å². The zero-order chi connectivity index (χ0) is 15.8. The smallest absolute Gasteiger partial charge is 0.151 e. The number of hydrogen-bond donors (Lipinski definition) is 1. The van der Waals surface area contributed by atoms with Crippen LogP contribution in [-0.4, -0.2) is 29.2 Å². The molecule has 1 aliphatic carbocycles. The summed E-state index contributed by atoms with van der Waals surface area (Å²) in [7, 11) is 0. The van der Waals surface area contributed by atoms with Crippen LogP contribution in [0.2, 0.25) is 0 Å². The van der Waals surface area contributed by atoms with Crippen LogP contribution in [0.15, 0.2) is 34.9 Å². The Morgan fingerprint density at radius 3 is 2.75 bits per heavy atom. The SMILES string of the molecule is Cc1ccc(-c2cc(CN3CC4CCCC(N)C4C3)on2)cc1.Cl.